The minimum Gasteiger partial charge on any atom is -0.469 e. The van der Waals surface area contributed by atoms with Crippen molar-refractivity contribution in [2.45, 2.75) is 36.3 Å². The molecule has 0 bridgehead atoms. The number of ether oxygens (including phenoxy) is 2. The lowest BCUT2D eigenvalue weighted by Crippen LogP contribution is -2.17. The lowest BCUT2D eigenvalue weighted by molar-refractivity contribution is -0.139. The van der Waals surface area contributed by atoms with Crippen LogP contribution in [-0.2, 0) is 20.7 Å². The van der Waals surface area contributed by atoms with E-state index in [1.54, 1.807) is 38.2 Å². The number of carbonyl (C=O) groups is 2. The molecule has 2 aromatic carbocycles. The summed E-state index contributed by atoms with van der Waals surface area (Å²) in [5.41, 5.74) is 2.59. The smallest absolute Gasteiger partial charge is 0.412 e. The first-order valence-corrected chi connectivity index (χ1v) is 12.1. The quantitative estimate of drug-likeness (QED) is 0.267. The minimum absolute atomic E-state index is 0.172. The molecule has 0 saturated carbocycles. The number of nitrogens with one attached hydrogen (secondary N) is 1. The molecule has 0 fully saturated rings. The Bertz CT molecular complexity index is 1390. The predicted octanol–water partition coefficient (Wildman–Crippen LogP) is 6.36. The summed E-state index contributed by atoms with van der Waals surface area (Å²) in [6, 6.07) is 17.3. The van der Waals surface area contributed by atoms with E-state index in [-0.39, 0.29) is 18.0 Å². The molecule has 1 atom stereocenters. The summed E-state index contributed by atoms with van der Waals surface area (Å²) in [5.74, 6) is -0.396. The van der Waals surface area contributed by atoms with Gasteiger partial charge in [0.2, 0.25) is 0 Å². The fourth-order valence-corrected chi connectivity index (χ4v) is 4.24. The molecular weight excluding hydrogens is 497 g/mol. The van der Waals surface area contributed by atoms with Crippen LogP contribution in [0.4, 0.5) is 14.9 Å². The van der Waals surface area contributed by atoms with Gasteiger partial charge in [0.05, 0.1) is 13.5 Å². The number of nitrogens with zero attached hydrogens (tertiary/aromatic N) is 2. The highest BCUT2D eigenvalue weighted by molar-refractivity contribution is 7.99. The maximum atomic E-state index is 14.0. The number of aryl methyl sites for hydroxylation is 1. The molecule has 0 aliphatic heterocycles. The van der Waals surface area contributed by atoms with Gasteiger partial charge in [0.1, 0.15) is 28.3 Å². The van der Waals surface area contributed by atoms with Gasteiger partial charge >= 0.3 is 12.1 Å². The van der Waals surface area contributed by atoms with Crippen LogP contribution in [0, 0.1) is 12.7 Å². The SMILES string of the molecule is COC(=O)Cc1ccc(Sc2ccc(-c3onc(C)c3NC(=O)O[C@H](C)c3ccccc3F)cc2)nc1. The van der Waals surface area contributed by atoms with E-state index in [0.29, 0.717) is 22.7 Å². The molecule has 0 unspecified atom stereocenters. The zero-order valence-electron chi connectivity index (χ0n) is 20.4. The number of hydrogen-bond donors (Lipinski definition) is 1. The number of carbonyl (C=O) groups excluding carboxylic acids is 2. The Morgan fingerprint density at radius 2 is 1.86 bits per heavy atom. The Morgan fingerprint density at radius 1 is 1.11 bits per heavy atom. The van der Waals surface area contributed by atoms with Crippen LogP contribution in [0.25, 0.3) is 11.3 Å². The van der Waals surface area contributed by atoms with Gasteiger partial charge in [-0.25, -0.2) is 14.2 Å². The molecule has 1 amide bonds. The van der Waals surface area contributed by atoms with E-state index in [1.165, 1.54) is 24.9 Å². The number of anilines is 1. The van der Waals surface area contributed by atoms with Gasteiger partial charge in [-0.05, 0) is 55.8 Å². The topological polar surface area (TPSA) is 104 Å². The van der Waals surface area contributed by atoms with E-state index in [2.05, 4.69) is 20.2 Å². The molecule has 0 aliphatic rings. The summed E-state index contributed by atoms with van der Waals surface area (Å²) < 4.78 is 29.5. The van der Waals surface area contributed by atoms with Gasteiger partial charge in [-0.3, -0.25) is 10.1 Å². The Labute approximate surface area is 217 Å². The van der Waals surface area contributed by atoms with Gasteiger partial charge in [0.25, 0.3) is 0 Å². The molecule has 0 spiro atoms. The second-order valence-corrected chi connectivity index (χ2v) is 9.14. The first kappa shape index (κ1) is 25.9. The molecule has 4 rings (SSSR count). The van der Waals surface area contributed by atoms with E-state index >= 15 is 0 Å². The highest BCUT2D eigenvalue weighted by Crippen LogP contribution is 2.34. The number of amides is 1. The molecule has 0 radical (unpaired) electrons. The van der Waals surface area contributed by atoms with Crippen molar-refractivity contribution < 1.29 is 28.0 Å². The largest absolute Gasteiger partial charge is 0.469 e. The molecule has 2 aromatic heterocycles. The Morgan fingerprint density at radius 3 is 2.54 bits per heavy atom. The first-order valence-electron chi connectivity index (χ1n) is 11.3. The van der Waals surface area contributed by atoms with Gasteiger partial charge in [0, 0.05) is 22.2 Å². The Kier molecular flexibility index (Phi) is 8.19. The molecule has 190 valence electrons. The van der Waals surface area contributed by atoms with Gasteiger partial charge in [0.15, 0.2) is 5.76 Å². The van der Waals surface area contributed by atoms with Crippen molar-refractivity contribution in [2.75, 3.05) is 12.4 Å². The molecule has 2 heterocycles. The zero-order valence-corrected chi connectivity index (χ0v) is 21.2. The Hall–Kier alpha value is -4.18. The van der Waals surface area contributed by atoms with Crippen LogP contribution >= 0.6 is 11.8 Å². The van der Waals surface area contributed by atoms with Crippen LogP contribution in [-0.4, -0.2) is 29.3 Å². The summed E-state index contributed by atoms with van der Waals surface area (Å²) in [4.78, 5) is 29.3. The fraction of sp³-hybridized carbons (Fsp3) is 0.185. The fourth-order valence-electron chi connectivity index (χ4n) is 3.48. The van der Waals surface area contributed by atoms with Gasteiger partial charge in [-0.1, -0.05) is 41.2 Å². The minimum atomic E-state index is -0.788. The molecule has 10 heteroatoms. The first-order chi connectivity index (χ1) is 17.8. The summed E-state index contributed by atoms with van der Waals surface area (Å²) >= 11 is 1.46. The van der Waals surface area contributed by atoms with E-state index in [0.717, 1.165) is 15.5 Å². The normalized spacial score (nSPS) is 11.6. The van der Waals surface area contributed by atoms with Crippen LogP contribution in [0.2, 0.25) is 0 Å². The third kappa shape index (κ3) is 6.53. The van der Waals surface area contributed by atoms with Crippen LogP contribution < -0.4 is 5.32 Å². The number of hydrogen-bond acceptors (Lipinski definition) is 8. The van der Waals surface area contributed by atoms with Gasteiger partial charge in [-0.15, -0.1) is 0 Å². The van der Waals surface area contributed by atoms with E-state index in [1.807, 2.05) is 36.4 Å². The highest BCUT2D eigenvalue weighted by atomic mass is 32.2. The summed E-state index contributed by atoms with van der Waals surface area (Å²) in [5, 5.41) is 7.41. The van der Waals surface area contributed by atoms with Crippen molar-refractivity contribution in [3.63, 3.8) is 0 Å². The highest BCUT2D eigenvalue weighted by Gasteiger charge is 2.21. The van der Waals surface area contributed by atoms with E-state index < -0.39 is 18.0 Å². The maximum Gasteiger partial charge on any atom is 0.412 e. The summed E-state index contributed by atoms with van der Waals surface area (Å²) in [7, 11) is 1.35. The number of halogens is 1. The molecule has 0 saturated heterocycles. The van der Waals surface area contributed by atoms with Crippen LogP contribution in [0.1, 0.15) is 29.8 Å². The number of methoxy groups -OCH3 is 1. The molecular formula is C27H24FN3O5S. The number of aromatic nitrogens is 2. The maximum absolute atomic E-state index is 14.0. The second-order valence-electron chi connectivity index (χ2n) is 8.05. The summed E-state index contributed by atoms with van der Waals surface area (Å²) in [6.45, 7) is 3.29. The number of benzene rings is 2. The van der Waals surface area contributed by atoms with Gasteiger partial charge in [-0.2, -0.15) is 0 Å². The monoisotopic (exact) mass is 521 g/mol. The van der Waals surface area contributed by atoms with Crippen molar-refractivity contribution in [3.05, 3.63) is 89.5 Å². The van der Waals surface area contributed by atoms with Crippen LogP contribution in [0.3, 0.4) is 0 Å². The third-order valence-corrected chi connectivity index (χ3v) is 6.39. The van der Waals surface area contributed by atoms with Crippen LogP contribution in [0.15, 0.2) is 81.3 Å². The third-order valence-electron chi connectivity index (χ3n) is 5.43. The standard InChI is InChI=1S/C27H24FN3O5S/c1-16-25(30-27(33)35-17(2)21-6-4-5-7-22(21)28)26(36-31-16)19-9-11-20(12-10-19)37-23-13-8-18(15-29-23)14-24(32)34-3/h4-13,15,17H,14H2,1-3H3,(H,30,33)/t17-/m1/s1. The predicted molar refractivity (Wildman–Crippen MR) is 136 cm³/mol. The number of pyridine rings is 1. The van der Waals surface area contributed by atoms with E-state index in [4.69, 9.17) is 9.26 Å². The average Bonchev–Trinajstić information content (AvgIpc) is 3.25. The second kappa shape index (κ2) is 11.7. The van der Waals surface area contributed by atoms with Crippen molar-refractivity contribution >= 4 is 29.5 Å². The summed E-state index contributed by atoms with van der Waals surface area (Å²) in [6.07, 6.45) is 0.280. The average molecular weight is 522 g/mol. The van der Waals surface area contributed by atoms with E-state index in [9.17, 15) is 14.0 Å². The molecule has 0 aliphatic carbocycles. The van der Waals surface area contributed by atoms with Crippen molar-refractivity contribution in [3.8, 4) is 11.3 Å². The number of rotatable bonds is 8. The molecule has 1 N–H and O–H groups in total. The Balaban J connectivity index is 1.42. The van der Waals surface area contributed by atoms with Crippen molar-refractivity contribution in [2.24, 2.45) is 0 Å². The lowest BCUT2D eigenvalue weighted by atomic mass is 10.1. The molecule has 37 heavy (non-hydrogen) atoms. The molecule has 8 nitrogen and oxygen atoms in total. The van der Waals surface area contributed by atoms with Gasteiger partial charge < -0.3 is 14.0 Å². The van der Waals surface area contributed by atoms with Crippen molar-refractivity contribution in [1.82, 2.24) is 10.1 Å². The number of esters is 1. The van der Waals surface area contributed by atoms with Crippen LogP contribution in [0.5, 0.6) is 0 Å². The van der Waals surface area contributed by atoms with Crippen molar-refractivity contribution in [1.29, 1.82) is 0 Å². The zero-order chi connectivity index (χ0) is 26.4. The lowest BCUT2D eigenvalue weighted by Gasteiger charge is -2.15. The molecule has 4 aromatic rings.